The van der Waals surface area contributed by atoms with Crippen LogP contribution in [0.2, 0.25) is 0 Å². The van der Waals surface area contributed by atoms with Crippen molar-refractivity contribution in [3.63, 3.8) is 0 Å². The maximum atomic E-state index is 12.2. The van der Waals surface area contributed by atoms with Crippen LogP contribution in [0, 0.1) is 6.92 Å². The molecule has 0 unspecified atom stereocenters. The lowest BCUT2D eigenvalue weighted by atomic mass is 10.0. The van der Waals surface area contributed by atoms with Gasteiger partial charge < -0.3 is 15.2 Å². The average Bonchev–Trinajstić information content (AvgIpc) is 2.85. The highest BCUT2D eigenvalue weighted by Gasteiger charge is 2.26. The Hall–Kier alpha value is -2.21. The lowest BCUT2D eigenvalue weighted by molar-refractivity contribution is -0.121. The van der Waals surface area contributed by atoms with Gasteiger partial charge in [-0.15, -0.1) is 0 Å². The number of rotatable bonds is 4. The molecular formula is C14H18N4O2. The minimum atomic E-state index is -0.669. The highest BCUT2D eigenvalue weighted by Crippen LogP contribution is 2.26. The summed E-state index contributed by atoms with van der Waals surface area (Å²) in [5, 5.41) is 9.61. The van der Waals surface area contributed by atoms with Crippen LogP contribution in [0.15, 0.2) is 28.8 Å². The van der Waals surface area contributed by atoms with Gasteiger partial charge in [0.15, 0.2) is 5.82 Å². The molecule has 1 heterocycles. The van der Waals surface area contributed by atoms with Gasteiger partial charge in [0.1, 0.15) is 0 Å². The Kier molecular flexibility index (Phi) is 3.85. The highest BCUT2D eigenvalue weighted by atomic mass is 16.5. The van der Waals surface area contributed by atoms with Crippen molar-refractivity contribution in [2.45, 2.75) is 26.3 Å². The van der Waals surface area contributed by atoms with Crippen molar-refractivity contribution in [2.24, 2.45) is 0 Å². The smallest absolute Gasteiger partial charge is 0.260 e. The molecule has 6 nitrogen and oxygen atoms in total. The molecule has 0 saturated heterocycles. The van der Waals surface area contributed by atoms with E-state index >= 15 is 0 Å². The van der Waals surface area contributed by atoms with Gasteiger partial charge in [-0.25, -0.2) is 0 Å². The first kappa shape index (κ1) is 14.2. The molecule has 0 fully saturated rings. The third kappa shape index (κ3) is 2.85. The van der Waals surface area contributed by atoms with Gasteiger partial charge in [0, 0.05) is 0 Å². The van der Waals surface area contributed by atoms with E-state index in [1.54, 1.807) is 20.0 Å². The number of aromatic nitrogens is 2. The van der Waals surface area contributed by atoms with Gasteiger partial charge in [0.25, 0.3) is 5.89 Å². The van der Waals surface area contributed by atoms with Crippen LogP contribution in [0.5, 0.6) is 0 Å². The van der Waals surface area contributed by atoms with Crippen molar-refractivity contribution >= 4 is 11.6 Å². The van der Waals surface area contributed by atoms with E-state index in [4.69, 9.17) is 4.52 Å². The zero-order chi connectivity index (χ0) is 14.8. The monoisotopic (exact) mass is 274 g/mol. The molecule has 2 aromatic rings. The molecule has 0 atom stereocenters. The molecule has 0 aliphatic rings. The van der Waals surface area contributed by atoms with E-state index in [1.807, 2.05) is 32.0 Å². The summed E-state index contributed by atoms with van der Waals surface area (Å²) >= 11 is 0. The zero-order valence-corrected chi connectivity index (χ0v) is 12.0. The molecule has 0 aliphatic heterocycles. The van der Waals surface area contributed by atoms with E-state index < -0.39 is 5.54 Å². The Morgan fingerprint density at radius 3 is 2.60 bits per heavy atom. The molecule has 20 heavy (non-hydrogen) atoms. The normalized spacial score (nSPS) is 11.4. The molecule has 1 aromatic carbocycles. The maximum Gasteiger partial charge on any atom is 0.260 e. The van der Waals surface area contributed by atoms with Gasteiger partial charge in [-0.2, -0.15) is 4.98 Å². The zero-order valence-electron chi connectivity index (χ0n) is 12.0. The maximum absolute atomic E-state index is 12.2. The van der Waals surface area contributed by atoms with Gasteiger partial charge in [-0.05, 0) is 40.0 Å². The topological polar surface area (TPSA) is 80.0 Å². The molecule has 2 N–H and O–H groups in total. The number of anilines is 1. The van der Waals surface area contributed by atoms with Gasteiger partial charge in [-0.1, -0.05) is 17.3 Å². The van der Waals surface area contributed by atoms with E-state index in [-0.39, 0.29) is 5.91 Å². The molecule has 1 amide bonds. The van der Waals surface area contributed by atoms with Crippen molar-refractivity contribution in [3.05, 3.63) is 30.1 Å². The minimum absolute atomic E-state index is 0.135. The molecule has 0 radical (unpaired) electrons. The molecule has 0 spiro atoms. The lowest BCUT2D eigenvalue weighted by Gasteiger charge is -2.23. The summed E-state index contributed by atoms with van der Waals surface area (Å²) in [6.07, 6.45) is 0. The van der Waals surface area contributed by atoms with E-state index in [1.165, 1.54) is 0 Å². The van der Waals surface area contributed by atoms with Crippen LogP contribution >= 0.6 is 0 Å². The van der Waals surface area contributed by atoms with Gasteiger partial charge in [0.2, 0.25) is 5.91 Å². The number of carbonyl (C=O) groups excluding carboxylic acids is 1. The van der Waals surface area contributed by atoms with Crippen LogP contribution in [0.3, 0.4) is 0 Å². The number of para-hydroxylation sites is 1. The van der Waals surface area contributed by atoms with E-state index in [0.717, 1.165) is 0 Å². The second-order valence-electron chi connectivity index (χ2n) is 5.02. The number of hydrogen-bond acceptors (Lipinski definition) is 5. The number of hydrogen-bond donors (Lipinski definition) is 2. The fourth-order valence-electron chi connectivity index (χ4n) is 1.58. The Balaban J connectivity index is 2.32. The van der Waals surface area contributed by atoms with E-state index in [9.17, 15) is 4.79 Å². The van der Waals surface area contributed by atoms with Crippen molar-refractivity contribution in [2.75, 3.05) is 12.4 Å². The average molecular weight is 274 g/mol. The Morgan fingerprint density at radius 1 is 1.30 bits per heavy atom. The molecule has 106 valence electrons. The highest BCUT2D eigenvalue weighted by molar-refractivity contribution is 6.00. The fourth-order valence-corrected chi connectivity index (χ4v) is 1.58. The molecule has 2 rings (SSSR count). The summed E-state index contributed by atoms with van der Waals surface area (Å²) in [5.41, 5.74) is 0.676. The molecule has 0 bridgehead atoms. The van der Waals surface area contributed by atoms with Gasteiger partial charge in [-0.3, -0.25) is 4.79 Å². The lowest BCUT2D eigenvalue weighted by Crippen LogP contribution is -2.47. The SMILES string of the molecule is CNC(C)(C)C(=O)Nc1ccccc1-c1nc(C)no1. The minimum Gasteiger partial charge on any atom is -0.334 e. The Labute approximate surface area is 117 Å². The molecule has 0 saturated carbocycles. The van der Waals surface area contributed by atoms with Crippen LogP contribution < -0.4 is 10.6 Å². The van der Waals surface area contributed by atoms with Crippen molar-refractivity contribution in [3.8, 4) is 11.5 Å². The number of nitrogens with zero attached hydrogens (tertiary/aromatic N) is 2. The van der Waals surface area contributed by atoms with E-state index in [0.29, 0.717) is 23.0 Å². The summed E-state index contributed by atoms with van der Waals surface area (Å²) < 4.78 is 5.16. The number of benzene rings is 1. The van der Waals surface area contributed by atoms with E-state index in [2.05, 4.69) is 20.8 Å². The van der Waals surface area contributed by atoms with Crippen molar-refractivity contribution in [1.29, 1.82) is 0 Å². The molecule has 6 heteroatoms. The van der Waals surface area contributed by atoms with Crippen LogP contribution in [0.25, 0.3) is 11.5 Å². The number of nitrogens with one attached hydrogen (secondary N) is 2. The summed E-state index contributed by atoms with van der Waals surface area (Å²) in [4.78, 5) is 16.4. The molecular weight excluding hydrogens is 256 g/mol. The third-order valence-electron chi connectivity index (χ3n) is 3.13. The second-order valence-corrected chi connectivity index (χ2v) is 5.02. The van der Waals surface area contributed by atoms with Crippen molar-refractivity contribution in [1.82, 2.24) is 15.5 Å². The quantitative estimate of drug-likeness (QED) is 0.891. The summed E-state index contributed by atoms with van der Waals surface area (Å²) in [5.74, 6) is 0.807. The van der Waals surface area contributed by atoms with Crippen LogP contribution in [-0.4, -0.2) is 28.6 Å². The second kappa shape index (κ2) is 5.42. The van der Waals surface area contributed by atoms with Crippen LogP contribution in [0.4, 0.5) is 5.69 Å². The third-order valence-corrected chi connectivity index (χ3v) is 3.13. The predicted molar refractivity (Wildman–Crippen MR) is 76.2 cm³/mol. The number of aryl methyl sites for hydroxylation is 1. The Morgan fingerprint density at radius 2 is 2.00 bits per heavy atom. The van der Waals surface area contributed by atoms with Crippen LogP contribution in [-0.2, 0) is 4.79 Å². The first-order chi connectivity index (χ1) is 9.44. The number of amides is 1. The summed E-state index contributed by atoms with van der Waals surface area (Å²) in [7, 11) is 1.74. The first-order valence-electron chi connectivity index (χ1n) is 6.34. The van der Waals surface area contributed by atoms with Crippen molar-refractivity contribution < 1.29 is 9.32 Å². The standard InChI is InChI=1S/C14H18N4O2/c1-9-16-12(20-18-9)10-7-5-6-8-11(10)17-13(19)14(2,3)15-4/h5-8,15H,1-4H3,(H,17,19). The molecule has 0 aliphatic carbocycles. The number of carbonyl (C=O) groups is 1. The fraction of sp³-hybridized carbons (Fsp3) is 0.357. The first-order valence-corrected chi connectivity index (χ1v) is 6.34. The van der Waals surface area contributed by atoms with Crippen LogP contribution in [0.1, 0.15) is 19.7 Å². The van der Waals surface area contributed by atoms with Gasteiger partial charge in [0.05, 0.1) is 16.8 Å². The predicted octanol–water partition coefficient (Wildman–Crippen LogP) is 1.98. The molecule has 1 aromatic heterocycles. The Bertz CT molecular complexity index is 619. The largest absolute Gasteiger partial charge is 0.334 e. The summed E-state index contributed by atoms with van der Waals surface area (Å²) in [6, 6.07) is 7.33. The summed E-state index contributed by atoms with van der Waals surface area (Å²) in [6.45, 7) is 5.36. The van der Waals surface area contributed by atoms with Gasteiger partial charge >= 0.3 is 0 Å². The number of likely N-dealkylation sites (N-methyl/N-ethyl adjacent to an activating group) is 1.